The van der Waals surface area contributed by atoms with Gasteiger partial charge in [-0.15, -0.1) is 5.10 Å². The molecule has 1 heterocycles. The van der Waals surface area contributed by atoms with E-state index in [0.29, 0.717) is 5.56 Å². The van der Waals surface area contributed by atoms with Crippen molar-refractivity contribution in [2.45, 2.75) is 38.1 Å². The molecule has 0 aliphatic heterocycles. The van der Waals surface area contributed by atoms with Gasteiger partial charge in [-0.25, -0.2) is 0 Å². The standard InChI is InChI=1S/C14H22N4O3/c1-18-9-11(14(17-18)21-2)13(20)15-8-12(19)16-10-6-4-3-5-7-10/h9-10H,3-8H2,1-2H3,(H,15,20)(H,16,19). The van der Waals surface area contributed by atoms with E-state index in [4.69, 9.17) is 4.74 Å². The van der Waals surface area contributed by atoms with Gasteiger partial charge in [0.1, 0.15) is 5.56 Å². The molecule has 0 atom stereocenters. The molecule has 2 amide bonds. The number of aryl methyl sites for hydroxylation is 1. The molecule has 116 valence electrons. The fourth-order valence-electron chi connectivity index (χ4n) is 2.56. The first-order valence-electron chi connectivity index (χ1n) is 7.25. The minimum absolute atomic E-state index is 0.0343. The fourth-order valence-corrected chi connectivity index (χ4v) is 2.56. The lowest BCUT2D eigenvalue weighted by Gasteiger charge is -2.22. The molecule has 21 heavy (non-hydrogen) atoms. The minimum Gasteiger partial charge on any atom is -0.479 e. The van der Waals surface area contributed by atoms with Crippen LogP contribution in [0.25, 0.3) is 0 Å². The second-order valence-corrected chi connectivity index (χ2v) is 5.31. The molecule has 0 radical (unpaired) electrons. The van der Waals surface area contributed by atoms with Crippen LogP contribution in [0.2, 0.25) is 0 Å². The van der Waals surface area contributed by atoms with E-state index >= 15 is 0 Å². The van der Waals surface area contributed by atoms with Crippen LogP contribution in [0.1, 0.15) is 42.5 Å². The minimum atomic E-state index is -0.362. The second-order valence-electron chi connectivity index (χ2n) is 5.31. The van der Waals surface area contributed by atoms with Crippen LogP contribution in [0.3, 0.4) is 0 Å². The lowest BCUT2D eigenvalue weighted by Crippen LogP contribution is -2.42. The zero-order chi connectivity index (χ0) is 15.2. The molecule has 2 N–H and O–H groups in total. The van der Waals surface area contributed by atoms with Crippen LogP contribution in [0.5, 0.6) is 5.88 Å². The highest BCUT2D eigenvalue weighted by atomic mass is 16.5. The first-order valence-corrected chi connectivity index (χ1v) is 7.25. The van der Waals surface area contributed by atoms with Crippen molar-refractivity contribution in [3.63, 3.8) is 0 Å². The first-order chi connectivity index (χ1) is 10.1. The molecular formula is C14H22N4O3. The molecular weight excluding hydrogens is 272 g/mol. The quantitative estimate of drug-likeness (QED) is 0.833. The van der Waals surface area contributed by atoms with E-state index in [2.05, 4.69) is 15.7 Å². The fraction of sp³-hybridized carbons (Fsp3) is 0.643. The summed E-state index contributed by atoms with van der Waals surface area (Å²) in [5.74, 6) is -0.264. The van der Waals surface area contributed by atoms with Gasteiger partial charge >= 0.3 is 0 Å². The third-order valence-corrected chi connectivity index (χ3v) is 3.61. The lowest BCUT2D eigenvalue weighted by molar-refractivity contribution is -0.121. The van der Waals surface area contributed by atoms with Gasteiger partial charge in [0.05, 0.1) is 13.7 Å². The van der Waals surface area contributed by atoms with Crippen LogP contribution in [-0.4, -0.2) is 41.3 Å². The lowest BCUT2D eigenvalue weighted by atomic mass is 9.95. The average Bonchev–Trinajstić information content (AvgIpc) is 2.87. The van der Waals surface area contributed by atoms with Gasteiger partial charge in [0.25, 0.3) is 5.91 Å². The van der Waals surface area contributed by atoms with Crippen molar-refractivity contribution in [1.29, 1.82) is 0 Å². The molecule has 1 aliphatic carbocycles. The monoisotopic (exact) mass is 294 g/mol. The number of carbonyl (C=O) groups excluding carboxylic acids is 2. The Balaban J connectivity index is 1.81. The van der Waals surface area contributed by atoms with Crippen molar-refractivity contribution in [3.8, 4) is 5.88 Å². The van der Waals surface area contributed by atoms with Gasteiger partial charge in [-0.3, -0.25) is 14.3 Å². The van der Waals surface area contributed by atoms with E-state index < -0.39 is 0 Å². The summed E-state index contributed by atoms with van der Waals surface area (Å²) >= 11 is 0. The number of hydrogen-bond acceptors (Lipinski definition) is 4. The second kappa shape index (κ2) is 7.10. The van der Waals surface area contributed by atoms with Crippen molar-refractivity contribution in [2.75, 3.05) is 13.7 Å². The van der Waals surface area contributed by atoms with Crippen molar-refractivity contribution >= 4 is 11.8 Å². The molecule has 1 aromatic rings. The number of carbonyl (C=O) groups is 2. The van der Waals surface area contributed by atoms with Gasteiger partial charge in [0.2, 0.25) is 11.8 Å². The van der Waals surface area contributed by atoms with Crippen LogP contribution < -0.4 is 15.4 Å². The topological polar surface area (TPSA) is 85.2 Å². The number of nitrogens with zero attached hydrogens (tertiary/aromatic N) is 2. The molecule has 0 aromatic carbocycles. The van der Waals surface area contributed by atoms with E-state index in [1.807, 2.05) is 0 Å². The number of aromatic nitrogens is 2. The Bertz CT molecular complexity index is 506. The number of amides is 2. The smallest absolute Gasteiger partial charge is 0.258 e. The van der Waals surface area contributed by atoms with Crippen molar-refractivity contribution in [3.05, 3.63) is 11.8 Å². The van der Waals surface area contributed by atoms with E-state index in [-0.39, 0.29) is 30.3 Å². The van der Waals surface area contributed by atoms with E-state index in [1.165, 1.54) is 18.2 Å². The molecule has 0 saturated heterocycles. The number of methoxy groups -OCH3 is 1. The number of hydrogen-bond donors (Lipinski definition) is 2. The van der Waals surface area contributed by atoms with Crippen LogP contribution in [0.4, 0.5) is 0 Å². The van der Waals surface area contributed by atoms with Crippen molar-refractivity contribution in [1.82, 2.24) is 20.4 Å². The summed E-state index contributed by atoms with van der Waals surface area (Å²) in [7, 11) is 3.16. The Morgan fingerprint density at radius 1 is 1.38 bits per heavy atom. The third-order valence-electron chi connectivity index (χ3n) is 3.61. The zero-order valence-electron chi connectivity index (χ0n) is 12.5. The molecule has 1 aliphatic rings. The van der Waals surface area contributed by atoms with Gasteiger partial charge in [-0.2, -0.15) is 0 Å². The maximum Gasteiger partial charge on any atom is 0.258 e. The summed E-state index contributed by atoms with van der Waals surface area (Å²) in [6.07, 6.45) is 7.16. The summed E-state index contributed by atoms with van der Waals surface area (Å²) in [6.45, 7) is -0.0343. The number of ether oxygens (including phenoxy) is 1. The van der Waals surface area contributed by atoms with Gasteiger partial charge in [-0.1, -0.05) is 19.3 Å². The molecule has 2 rings (SSSR count). The Labute approximate surface area is 124 Å². The summed E-state index contributed by atoms with van der Waals surface area (Å²) in [5.41, 5.74) is 0.325. The maximum atomic E-state index is 12.0. The summed E-state index contributed by atoms with van der Waals surface area (Å²) < 4.78 is 6.52. The average molecular weight is 294 g/mol. The summed E-state index contributed by atoms with van der Waals surface area (Å²) in [4.78, 5) is 23.8. The van der Waals surface area contributed by atoms with Crippen LogP contribution in [0.15, 0.2) is 6.20 Å². The Kier molecular flexibility index (Phi) is 5.19. The summed E-state index contributed by atoms with van der Waals surface area (Å²) in [6, 6.07) is 0.246. The van der Waals surface area contributed by atoms with Crippen LogP contribution in [0, 0.1) is 0 Å². The molecule has 0 spiro atoms. The highest BCUT2D eigenvalue weighted by molar-refractivity contribution is 5.98. The third kappa shape index (κ3) is 4.21. The van der Waals surface area contributed by atoms with Crippen molar-refractivity contribution in [2.24, 2.45) is 7.05 Å². The normalized spacial score (nSPS) is 15.5. The first kappa shape index (κ1) is 15.3. The Hall–Kier alpha value is -2.05. The van der Waals surface area contributed by atoms with Crippen molar-refractivity contribution < 1.29 is 14.3 Å². The molecule has 7 heteroatoms. The maximum absolute atomic E-state index is 12.0. The zero-order valence-corrected chi connectivity index (χ0v) is 12.5. The highest BCUT2D eigenvalue weighted by Crippen LogP contribution is 2.17. The predicted molar refractivity (Wildman–Crippen MR) is 77.1 cm³/mol. The Morgan fingerprint density at radius 3 is 2.76 bits per heavy atom. The molecule has 0 bridgehead atoms. The number of nitrogens with one attached hydrogen (secondary N) is 2. The largest absolute Gasteiger partial charge is 0.479 e. The highest BCUT2D eigenvalue weighted by Gasteiger charge is 2.19. The SMILES string of the molecule is COc1nn(C)cc1C(=O)NCC(=O)NC1CCCCC1. The van der Waals surface area contributed by atoms with Gasteiger partial charge in [0, 0.05) is 19.3 Å². The van der Waals surface area contributed by atoms with Gasteiger partial charge < -0.3 is 15.4 Å². The molecule has 7 nitrogen and oxygen atoms in total. The predicted octanol–water partition coefficient (Wildman–Crippen LogP) is 0.607. The van der Waals surface area contributed by atoms with Gasteiger partial charge in [-0.05, 0) is 12.8 Å². The van der Waals surface area contributed by atoms with E-state index in [0.717, 1.165) is 25.7 Å². The number of rotatable bonds is 5. The van der Waals surface area contributed by atoms with Crippen LogP contribution >= 0.6 is 0 Å². The molecule has 1 saturated carbocycles. The van der Waals surface area contributed by atoms with E-state index in [9.17, 15) is 9.59 Å². The van der Waals surface area contributed by atoms with Gasteiger partial charge in [0.15, 0.2) is 0 Å². The van der Waals surface area contributed by atoms with E-state index in [1.54, 1.807) is 13.2 Å². The molecule has 1 aromatic heterocycles. The molecule has 1 fully saturated rings. The summed E-state index contributed by atoms with van der Waals surface area (Å²) in [5, 5.41) is 9.55. The Morgan fingerprint density at radius 2 is 2.10 bits per heavy atom. The molecule has 0 unspecified atom stereocenters. The van der Waals surface area contributed by atoms with Crippen LogP contribution in [-0.2, 0) is 11.8 Å².